The van der Waals surface area contributed by atoms with Crippen LogP contribution in [0.25, 0.3) is 0 Å². The summed E-state index contributed by atoms with van der Waals surface area (Å²) in [5, 5.41) is 12.5. The Hall–Kier alpha value is -0.570. The van der Waals surface area contributed by atoms with E-state index in [1.165, 1.54) is 25.7 Å². The third kappa shape index (κ3) is 0.937. The second-order valence-electron chi connectivity index (χ2n) is 5.34. The van der Waals surface area contributed by atoms with Crippen LogP contribution in [0.4, 0.5) is 0 Å². The number of carboxylic acids is 1. The van der Waals surface area contributed by atoms with E-state index in [1.807, 2.05) is 0 Å². The van der Waals surface area contributed by atoms with Crippen molar-refractivity contribution >= 4 is 5.97 Å². The van der Waals surface area contributed by atoms with Crippen LogP contribution in [-0.4, -0.2) is 24.2 Å². The molecule has 0 aromatic rings. The summed E-state index contributed by atoms with van der Waals surface area (Å²) >= 11 is 0. The van der Waals surface area contributed by atoms with E-state index in [4.69, 9.17) is 0 Å². The highest BCUT2D eigenvalue weighted by molar-refractivity contribution is 5.72. The quantitative estimate of drug-likeness (QED) is 0.658. The van der Waals surface area contributed by atoms with E-state index in [9.17, 15) is 9.90 Å². The van der Waals surface area contributed by atoms with Crippen molar-refractivity contribution in [3.05, 3.63) is 0 Å². The highest BCUT2D eigenvalue weighted by atomic mass is 16.4. The minimum atomic E-state index is -0.581. The van der Waals surface area contributed by atoms with E-state index in [-0.39, 0.29) is 11.3 Å². The fraction of sp³-hybridized carbons (Fsp3) is 0.909. The Morgan fingerprint density at radius 2 is 2.29 bits per heavy atom. The van der Waals surface area contributed by atoms with Gasteiger partial charge in [-0.15, -0.1) is 0 Å². The van der Waals surface area contributed by atoms with Gasteiger partial charge in [0.25, 0.3) is 0 Å². The Bertz CT molecular complexity index is 278. The fourth-order valence-electron chi connectivity index (χ4n) is 4.24. The predicted octanol–water partition coefficient (Wildman–Crippen LogP) is 1.10. The van der Waals surface area contributed by atoms with Crippen molar-refractivity contribution in [2.24, 2.45) is 23.2 Å². The molecule has 2 bridgehead atoms. The van der Waals surface area contributed by atoms with E-state index < -0.39 is 5.97 Å². The second kappa shape index (κ2) is 2.72. The highest BCUT2D eigenvalue weighted by Crippen LogP contribution is 2.60. The van der Waals surface area contributed by atoms with Crippen molar-refractivity contribution in [3.63, 3.8) is 0 Å². The monoisotopic (exact) mass is 195 g/mol. The Morgan fingerprint density at radius 3 is 2.86 bits per heavy atom. The van der Waals surface area contributed by atoms with Gasteiger partial charge in [-0.05, 0) is 31.1 Å². The maximum Gasteiger partial charge on any atom is 0.308 e. The van der Waals surface area contributed by atoms with Gasteiger partial charge in [0, 0.05) is 18.5 Å². The molecule has 1 saturated heterocycles. The van der Waals surface area contributed by atoms with Crippen LogP contribution in [0.1, 0.15) is 25.7 Å². The lowest BCUT2D eigenvalue weighted by molar-refractivity contribution is -0.146. The van der Waals surface area contributed by atoms with Crippen molar-refractivity contribution in [1.82, 2.24) is 5.32 Å². The number of hydrogen-bond acceptors (Lipinski definition) is 2. The van der Waals surface area contributed by atoms with Gasteiger partial charge in [0.2, 0.25) is 0 Å². The zero-order valence-electron chi connectivity index (χ0n) is 8.33. The highest BCUT2D eigenvalue weighted by Gasteiger charge is 2.58. The number of rotatable bonds is 1. The van der Waals surface area contributed by atoms with E-state index in [2.05, 4.69) is 5.32 Å². The lowest BCUT2D eigenvalue weighted by Crippen LogP contribution is -2.39. The van der Waals surface area contributed by atoms with Gasteiger partial charge in [-0.25, -0.2) is 0 Å². The molecule has 0 radical (unpaired) electrons. The lowest BCUT2D eigenvalue weighted by Gasteiger charge is -2.36. The first-order valence-electron chi connectivity index (χ1n) is 5.66. The minimum Gasteiger partial charge on any atom is -0.481 e. The van der Waals surface area contributed by atoms with Gasteiger partial charge in [-0.2, -0.15) is 0 Å². The zero-order valence-corrected chi connectivity index (χ0v) is 8.33. The zero-order chi connectivity index (χ0) is 9.76. The first-order chi connectivity index (χ1) is 6.72. The maximum absolute atomic E-state index is 11.2. The molecule has 0 amide bonds. The smallest absolute Gasteiger partial charge is 0.308 e. The topological polar surface area (TPSA) is 49.3 Å². The van der Waals surface area contributed by atoms with Crippen LogP contribution < -0.4 is 5.32 Å². The number of fused-ring (bicyclic) bond motifs is 3. The van der Waals surface area contributed by atoms with E-state index in [1.54, 1.807) is 0 Å². The molecule has 3 heteroatoms. The number of carbonyl (C=O) groups is 1. The van der Waals surface area contributed by atoms with Crippen LogP contribution in [0.3, 0.4) is 0 Å². The molecule has 0 aromatic heterocycles. The summed E-state index contributed by atoms with van der Waals surface area (Å²) in [5.41, 5.74) is 0.134. The van der Waals surface area contributed by atoms with Crippen LogP contribution in [0.15, 0.2) is 0 Å². The summed E-state index contributed by atoms with van der Waals surface area (Å²) in [4.78, 5) is 11.2. The summed E-state index contributed by atoms with van der Waals surface area (Å²) < 4.78 is 0. The van der Waals surface area contributed by atoms with E-state index >= 15 is 0 Å². The number of carboxylic acid groups (broad SMARTS) is 1. The molecule has 1 spiro atoms. The van der Waals surface area contributed by atoms with Gasteiger partial charge in [-0.3, -0.25) is 4.79 Å². The first-order valence-corrected chi connectivity index (χ1v) is 5.66. The lowest BCUT2D eigenvalue weighted by atomic mass is 9.67. The van der Waals surface area contributed by atoms with Gasteiger partial charge >= 0.3 is 5.97 Å². The molecular weight excluding hydrogens is 178 g/mol. The molecule has 4 unspecified atom stereocenters. The van der Waals surface area contributed by atoms with Gasteiger partial charge < -0.3 is 10.4 Å². The van der Waals surface area contributed by atoms with Crippen LogP contribution >= 0.6 is 0 Å². The molecule has 2 saturated carbocycles. The van der Waals surface area contributed by atoms with Crippen molar-refractivity contribution in [3.8, 4) is 0 Å². The Morgan fingerprint density at radius 1 is 1.43 bits per heavy atom. The molecule has 3 fully saturated rings. The molecule has 2 aliphatic carbocycles. The van der Waals surface area contributed by atoms with Crippen molar-refractivity contribution in [2.45, 2.75) is 25.7 Å². The summed E-state index contributed by atoms with van der Waals surface area (Å²) in [6.07, 6.45) is 5.09. The number of aliphatic carboxylic acids is 1. The van der Waals surface area contributed by atoms with Crippen molar-refractivity contribution in [2.75, 3.05) is 13.1 Å². The summed E-state index contributed by atoms with van der Waals surface area (Å²) in [6, 6.07) is 0. The molecule has 2 N–H and O–H groups in total. The third-order valence-electron chi connectivity index (χ3n) is 4.82. The van der Waals surface area contributed by atoms with Gasteiger partial charge in [-0.1, -0.05) is 6.42 Å². The Labute approximate surface area is 83.9 Å². The summed E-state index contributed by atoms with van der Waals surface area (Å²) in [6.45, 7) is 1.64. The standard InChI is InChI=1S/C11H17NO2/c13-10(14)9-5-12-6-11(9)4-7-1-2-8(11)3-7/h7-9,12H,1-6H2,(H,13,14). The van der Waals surface area contributed by atoms with Crippen LogP contribution in [0.2, 0.25) is 0 Å². The molecule has 3 aliphatic rings. The Balaban J connectivity index is 1.92. The average molecular weight is 195 g/mol. The minimum absolute atomic E-state index is 0.113. The van der Waals surface area contributed by atoms with Gasteiger partial charge in [0.1, 0.15) is 0 Å². The molecule has 14 heavy (non-hydrogen) atoms. The first kappa shape index (κ1) is 8.72. The van der Waals surface area contributed by atoms with Crippen LogP contribution in [-0.2, 0) is 4.79 Å². The normalized spacial score (nSPS) is 50.4. The fourth-order valence-corrected chi connectivity index (χ4v) is 4.24. The largest absolute Gasteiger partial charge is 0.481 e. The third-order valence-corrected chi connectivity index (χ3v) is 4.82. The van der Waals surface area contributed by atoms with E-state index in [0.717, 1.165) is 12.5 Å². The Kier molecular flexibility index (Phi) is 1.69. The SMILES string of the molecule is O=C(O)C1CNCC12CC1CCC2C1. The van der Waals surface area contributed by atoms with Crippen molar-refractivity contribution < 1.29 is 9.90 Å². The second-order valence-corrected chi connectivity index (χ2v) is 5.34. The molecule has 1 aliphatic heterocycles. The molecular formula is C11H17NO2. The number of nitrogens with one attached hydrogen (secondary N) is 1. The predicted molar refractivity (Wildman–Crippen MR) is 51.9 cm³/mol. The molecule has 4 atom stereocenters. The van der Waals surface area contributed by atoms with Crippen molar-refractivity contribution in [1.29, 1.82) is 0 Å². The number of hydrogen-bond donors (Lipinski definition) is 2. The van der Waals surface area contributed by atoms with E-state index in [0.29, 0.717) is 12.5 Å². The molecule has 3 rings (SSSR count). The van der Waals surface area contributed by atoms with Crippen LogP contribution in [0, 0.1) is 23.2 Å². The molecule has 78 valence electrons. The molecule has 3 nitrogen and oxygen atoms in total. The van der Waals surface area contributed by atoms with Gasteiger partial charge in [0.05, 0.1) is 5.92 Å². The molecule has 1 heterocycles. The summed E-state index contributed by atoms with van der Waals surface area (Å²) in [7, 11) is 0. The maximum atomic E-state index is 11.2. The summed E-state index contributed by atoms with van der Waals surface area (Å²) in [5.74, 6) is 0.839. The molecule has 0 aromatic carbocycles. The van der Waals surface area contributed by atoms with Crippen LogP contribution in [0.5, 0.6) is 0 Å². The average Bonchev–Trinajstić information content (AvgIpc) is 2.79. The van der Waals surface area contributed by atoms with Gasteiger partial charge in [0.15, 0.2) is 0 Å².